The van der Waals surface area contributed by atoms with Crippen LogP contribution < -0.4 is 0 Å². The lowest BCUT2D eigenvalue weighted by molar-refractivity contribution is 0.0201. The van der Waals surface area contributed by atoms with E-state index in [1.165, 1.54) is 6.08 Å². The highest BCUT2D eigenvalue weighted by atomic mass is 16.5. The van der Waals surface area contributed by atoms with Crippen LogP contribution in [0, 0.1) is 11.3 Å². The normalized spacial score (nSPS) is 12.5. The average Bonchev–Trinajstić information content (AvgIpc) is 2.61. The number of ether oxygens (including phenoxy) is 1. The van der Waals surface area contributed by atoms with Crippen LogP contribution in [0.5, 0.6) is 0 Å². The van der Waals surface area contributed by atoms with Gasteiger partial charge in [0.15, 0.2) is 0 Å². The zero-order valence-corrected chi connectivity index (χ0v) is 13.8. The molecule has 0 radical (unpaired) electrons. The fourth-order valence-corrected chi connectivity index (χ4v) is 2.44. The van der Waals surface area contributed by atoms with Crippen molar-refractivity contribution in [3.63, 3.8) is 0 Å². The molecule has 4 nitrogen and oxygen atoms in total. The van der Waals surface area contributed by atoms with Gasteiger partial charge in [0.2, 0.25) is 0 Å². The second-order valence-electron chi connectivity index (χ2n) is 5.56. The van der Waals surface area contributed by atoms with E-state index < -0.39 is 6.10 Å². The lowest BCUT2D eigenvalue weighted by atomic mass is 10.1. The van der Waals surface area contributed by atoms with E-state index in [1.807, 2.05) is 72.6 Å². The molecule has 24 heavy (non-hydrogen) atoms. The van der Waals surface area contributed by atoms with Crippen LogP contribution in [0.1, 0.15) is 11.1 Å². The number of likely N-dealkylation sites (N-methyl/N-ethyl adjacent to an activating group) is 1. The summed E-state index contributed by atoms with van der Waals surface area (Å²) in [5.74, 6) is 0. The largest absolute Gasteiger partial charge is 0.389 e. The molecule has 2 aromatic carbocycles. The smallest absolute Gasteiger partial charge is 0.0948 e. The van der Waals surface area contributed by atoms with Gasteiger partial charge in [-0.1, -0.05) is 60.7 Å². The van der Waals surface area contributed by atoms with E-state index >= 15 is 0 Å². The molecule has 1 unspecified atom stereocenters. The maximum Gasteiger partial charge on any atom is 0.0948 e. The second kappa shape index (κ2) is 9.51. The lowest BCUT2D eigenvalue weighted by Gasteiger charge is -2.25. The number of rotatable bonds is 8. The average molecular weight is 322 g/mol. The maximum absolute atomic E-state index is 10.2. The van der Waals surface area contributed by atoms with E-state index in [4.69, 9.17) is 10.00 Å². The van der Waals surface area contributed by atoms with Crippen LogP contribution in [0.3, 0.4) is 0 Å². The molecule has 0 aliphatic heterocycles. The summed E-state index contributed by atoms with van der Waals surface area (Å²) in [5.41, 5.74) is 2.80. The van der Waals surface area contributed by atoms with Crippen molar-refractivity contribution in [2.24, 2.45) is 0 Å². The van der Waals surface area contributed by atoms with Gasteiger partial charge in [0.1, 0.15) is 0 Å². The summed E-state index contributed by atoms with van der Waals surface area (Å²) in [7, 11) is 1.86. The van der Waals surface area contributed by atoms with Gasteiger partial charge in [0, 0.05) is 19.7 Å². The topological polar surface area (TPSA) is 56.5 Å². The molecule has 0 amide bonds. The molecule has 0 aliphatic rings. The summed E-state index contributed by atoms with van der Waals surface area (Å²) in [6.07, 6.45) is 0.858. The number of aliphatic hydroxyl groups excluding tert-OH is 1. The highest BCUT2D eigenvalue weighted by molar-refractivity contribution is 5.65. The van der Waals surface area contributed by atoms with Crippen LogP contribution in [0.4, 0.5) is 0 Å². The van der Waals surface area contributed by atoms with Crippen LogP contribution >= 0.6 is 0 Å². The molecule has 0 aliphatic carbocycles. The molecule has 0 saturated carbocycles. The molecule has 0 saturated heterocycles. The Bertz CT molecular complexity index is 678. The van der Waals surface area contributed by atoms with Crippen molar-refractivity contribution in [1.29, 1.82) is 5.26 Å². The fourth-order valence-electron chi connectivity index (χ4n) is 2.44. The summed E-state index contributed by atoms with van der Waals surface area (Å²) in [4.78, 5) is 1.87. The first-order valence-electron chi connectivity index (χ1n) is 7.86. The monoisotopic (exact) mass is 322 g/mol. The van der Waals surface area contributed by atoms with Crippen molar-refractivity contribution in [3.8, 4) is 6.07 Å². The molecule has 0 aromatic heterocycles. The Kier molecular flexibility index (Phi) is 7.03. The summed E-state index contributed by atoms with van der Waals surface area (Å²) in [6.45, 7) is 1.10. The van der Waals surface area contributed by atoms with Crippen LogP contribution in [0.25, 0.3) is 5.70 Å². The molecular formula is C20H22N2O2. The molecule has 0 fully saturated rings. The number of hydrogen-bond acceptors (Lipinski definition) is 4. The van der Waals surface area contributed by atoms with Gasteiger partial charge in [0.25, 0.3) is 0 Å². The van der Waals surface area contributed by atoms with Gasteiger partial charge in [-0.15, -0.1) is 0 Å². The Morgan fingerprint density at radius 1 is 1.17 bits per heavy atom. The third-order valence-electron chi connectivity index (χ3n) is 3.59. The van der Waals surface area contributed by atoms with Crippen LogP contribution in [0.2, 0.25) is 0 Å². The van der Waals surface area contributed by atoms with Gasteiger partial charge in [0.05, 0.1) is 31.1 Å². The Hall–Kier alpha value is -2.61. The number of nitrogens with zero attached hydrogens (tertiary/aromatic N) is 2. The summed E-state index contributed by atoms with van der Waals surface area (Å²) >= 11 is 0. The van der Waals surface area contributed by atoms with E-state index in [1.54, 1.807) is 0 Å². The number of nitriles is 1. The van der Waals surface area contributed by atoms with Gasteiger partial charge in [-0.3, -0.25) is 0 Å². The van der Waals surface area contributed by atoms with Gasteiger partial charge in [-0.05, 0) is 11.1 Å². The first-order chi connectivity index (χ1) is 11.7. The van der Waals surface area contributed by atoms with Gasteiger partial charge < -0.3 is 14.7 Å². The number of aliphatic hydroxyl groups is 1. The number of benzene rings is 2. The third kappa shape index (κ3) is 5.54. The first-order valence-corrected chi connectivity index (χ1v) is 7.86. The molecule has 0 spiro atoms. The standard InChI is InChI=1S/C20H22N2O2/c1-22(20(12-13-21)18-10-6-3-7-11-18)14-19(23)16-24-15-17-8-4-2-5-9-17/h2-12,19,23H,14-16H2,1H3/b20-12+. The van der Waals surface area contributed by atoms with Crippen molar-refractivity contribution < 1.29 is 9.84 Å². The van der Waals surface area contributed by atoms with E-state index in [2.05, 4.69) is 6.07 Å². The Morgan fingerprint density at radius 2 is 1.79 bits per heavy atom. The SMILES string of the molecule is CN(CC(O)COCc1ccccc1)/C(=C/C#N)c1ccccc1. The zero-order chi connectivity index (χ0) is 17.2. The minimum absolute atomic E-state index is 0.244. The molecule has 1 atom stereocenters. The second-order valence-corrected chi connectivity index (χ2v) is 5.56. The van der Waals surface area contributed by atoms with Gasteiger partial charge >= 0.3 is 0 Å². The Morgan fingerprint density at radius 3 is 2.42 bits per heavy atom. The van der Waals surface area contributed by atoms with Gasteiger partial charge in [-0.2, -0.15) is 5.26 Å². The lowest BCUT2D eigenvalue weighted by Crippen LogP contribution is -2.31. The maximum atomic E-state index is 10.2. The summed E-state index contributed by atoms with van der Waals surface area (Å²) in [5, 5.41) is 19.2. The van der Waals surface area contributed by atoms with E-state index in [0.717, 1.165) is 16.8 Å². The molecule has 0 bridgehead atoms. The minimum Gasteiger partial charge on any atom is -0.389 e. The fraction of sp³-hybridized carbons (Fsp3) is 0.250. The zero-order valence-electron chi connectivity index (χ0n) is 13.8. The van der Waals surface area contributed by atoms with Crippen molar-refractivity contribution in [2.75, 3.05) is 20.2 Å². The Labute approximate surface area is 143 Å². The highest BCUT2D eigenvalue weighted by Crippen LogP contribution is 2.17. The quantitative estimate of drug-likeness (QED) is 0.759. The molecule has 2 aromatic rings. The predicted molar refractivity (Wildman–Crippen MR) is 94.8 cm³/mol. The third-order valence-corrected chi connectivity index (χ3v) is 3.59. The molecule has 2 rings (SSSR count). The molecule has 124 valence electrons. The van der Waals surface area contributed by atoms with Crippen molar-refractivity contribution >= 4 is 5.70 Å². The predicted octanol–water partition coefficient (Wildman–Crippen LogP) is 3.06. The highest BCUT2D eigenvalue weighted by Gasteiger charge is 2.13. The summed E-state index contributed by atoms with van der Waals surface area (Å²) in [6, 6.07) is 21.6. The van der Waals surface area contributed by atoms with Crippen LogP contribution in [0.15, 0.2) is 66.7 Å². The first kappa shape index (κ1) is 17.7. The van der Waals surface area contributed by atoms with Crippen molar-refractivity contribution in [1.82, 2.24) is 4.90 Å². The number of allylic oxidation sites excluding steroid dienone is 1. The summed E-state index contributed by atoms with van der Waals surface area (Å²) < 4.78 is 5.57. The molecular weight excluding hydrogens is 300 g/mol. The van der Waals surface area contributed by atoms with E-state index in [9.17, 15) is 5.11 Å². The molecule has 1 N–H and O–H groups in total. The van der Waals surface area contributed by atoms with Crippen LogP contribution in [-0.4, -0.2) is 36.3 Å². The molecule has 4 heteroatoms. The Balaban J connectivity index is 1.86. The number of hydrogen-bond donors (Lipinski definition) is 1. The molecule has 0 heterocycles. The van der Waals surface area contributed by atoms with Gasteiger partial charge in [-0.25, -0.2) is 0 Å². The van der Waals surface area contributed by atoms with Crippen molar-refractivity contribution in [2.45, 2.75) is 12.7 Å². The van der Waals surface area contributed by atoms with E-state index in [0.29, 0.717) is 13.2 Å². The minimum atomic E-state index is -0.635. The van der Waals surface area contributed by atoms with Crippen LogP contribution in [-0.2, 0) is 11.3 Å². The van der Waals surface area contributed by atoms with E-state index in [-0.39, 0.29) is 6.61 Å². The van der Waals surface area contributed by atoms with Crippen molar-refractivity contribution in [3.05, 3.63) is 77.9 Å².